The van der Waals surface area contributed by atoms with Crippen molar-refractivity contribution in [3.63, 3.8) is 0 Å². The van der Waals surface area contributed by atoms with Crippen LogP contribution in [-0.2, 0) is 20.2 Å². The van der Waals surface area contributed by atoms with Gasteiger partial charge in [-0.05, 0) is 34.5 Å². The van der Waals surface area contributed by atoms with E-state index in [0.717, 1.165) is 28.6 Å². The van der Waals surface area contributed by atoms with E-state index in [0.29, 0.717) is 29.7 Å². The third-order valence-corrected chi connectivity index (χ3v) is 5.58. The molecule has 2 aromatic carbocycles. The van der Waals surface area contributed by atoms with Crippen molar-refractivity contribution in [1.82, 2.24) is 25.5 Å². The highest BCUT2D eigenvalue weighted by molar-refractivity contribution is 7.99. The van der Waals surface area contributed by atoms with Gasteiger partial charge in [-0.1, -0.05) is 53.2 Å². The normalized spacial score (nSPS) is 10.9. The number of tetrazole rings is 1. The highest BCUT2D eigenvalue weighted by Gasteiger charge is 2.11. The molecule has 9 heteroatoms. The Hall–Kier alpha value is -2.29. The number of nitrogens with zero attached hydrogens (tertiary/aromatic N) is 4. The number of hydrogen-bond acceptors (Lipinski definition) is 7. The van der Waals surface area contributed by atoms with E-state index < -0.39 is 0 Å². The number of benzene rings is 2. The maximum atomic E-state index is 6.47. The molecule has 3 rings (SSSR count). The Kier molecular flexibility index (Phi) is 7.74. The predicted molar refractivity (Wildman–Crippen MR) is 115 cm³/mol. The Balaban J connectivity index is 1.54. The minimum absolute atomic E-state index is 0.458. The Morgan fingerprint density at radius 3 is 2.79 bits per heavy atom. The van der Waals surface area contributed by atoms with Crippen molar-refractivity contribution in [1.29, 1.82) is 0 Å². The maximum Gasteiger partial charge on any atom is 0.209 e. The highest BCUT2D eigenvalue weighted by atomic mass is 35.5. The van der Waals surface area contributed by atoms with Gasteiger partial charge in [0.25, 0.3) is 0 Å². The van der Waals surface area contributed by atoms with Crippen LogP contribution in [-0.4, -0.2) is 39.6 Å². The molecule has 0 unspecified atom stereocenters. The SMILES string of the molecule is COc1cc(CNCCSc2nnnn2C)c(Cl)cc1OCc1cccc(C)c1. The van der Waals surface area contributed by atoms with Gasteiger partial charge >= 0.3 is 0 Å². The number of ether oxygens (including phenoxy) is 2. The first kappa shape index (κ1) is 21.4. The van der Waals surface area contributed by atoms with Gasteiger partial charge in [-0.15, -0.1) is 5.10 Å². The van der Waals surface area contributed by atoms with E-state index in [9.17, 15) is 0 Å². The predicted octanol–water partition coefficient (Wildman–Crippen LogP) is 3.64. The number of hydrogen-bond donors (Lipinski definition) is 1. The third kappa shape index (κ3) is 6.09. The highest BCUT2D eigenvalue weighted by Crippen LogP contribution is 2.34. The van der Waals surface area contributed by atoms with Crippen LogP contribution >= 0.6 is 23.4 Å². The second-order valence-electron chi connectivity index (χ2n) is 6.48. The molecule has 7 nitrogen and oxygen atoms in total. The van der Waals surface area contributed by atoms with Crippen LogP contribution in [0.15, 0.2) is 41.6 Å². The van der Waals surface area contributed by atoms with Gasteiger partial charge in [0.15, 0.2) is 11.5 Å². The van der Waals surface area contributed by atoms with E-state index in [2.05, 4.69) is 39.9 Å². The molecule has 0 bridgehead atoms. The summed E-state index contributed by atoms with van der Waals surface area (Å²) in [5.41, 5.74) is 3.26. The van der Waals surface area contributed by atoms with Gasteiger partial charge in [-0.2, -0.15) is 0 Å². The zero-order chi connectivity index (χ0) is 20.6. The van der Waals surface area contributed by atoms with Gasteiger partial charge in [0.05, 0.1) is 7.11 Å². The van der Waals surface area contributed by atoms with E-state index in [-0.39, 0.29) is 0 Å². The van der Waals surface area contributed by atoms with E-state index in [1.165, 1.54) is 5.56 Å². The molecule has 154 valence electrons. The number of nitrogens with one attached hydrogen (secondary N) is 1. The fourth-order valence-electron chi connectivity index (χ4n) is 2.73. The standard InChI is InChI=1S/C20H24ClN5O2S/c1-14-5-4-6-15(9-14)13-28-19-11-17(21)16(10-18(19)27-3)12-22-7-8-29-20-23-24-25-26(20)2/h4-6,9-11,22H,7-8,12-13H2,1-3H3. The summed E-state index contributed by atoms with van der Waals surface area (Å²) in [4.78, 5) is 0. The zero-order valence-electron chi connectivity index (χ0n) is 16.7. The van der Waals surface area contributed by atoms with E-state index in [4.69, 9.17) is 21.1 Å². The molecule has 0 aliphatic rings. The first-order valence-electron chi connectivity index (χ1n) is 9.17. The lowest BCUT2D eigenvalue weighted by Gasteiger charge is -2.14. The van der Waals surface area contributed by atoms with Crippen molar-refractivity contribution in [2.75, 3.05) is 19.4 Å². The molecule has 1 heterocycles. The summed E-state index contributed by atoms with van der Waals surface area (Å²) >= 11 is 8.06. The topological polar surface area (TPSA) is 74.1 Å². The zero-order valence-corrected chi connectivity index (χ0v) is 18.3. The van der Waals surface area contributed by atoms with Crippen molar-refractivity contribution < 1.29 is 9.47 Å². The fourth-order valence-corrected chi connectivity index (χ4v) is 3.70. The van der Waals surface area contributed by atoms with Crippen LogP contribution in [0.4, 0.5) is 0 Å². The third-order valence-electron chi connectivity index (χ3n) is 4.22. The monoisotopic (exact) mass is 433 g/mol. The second-order valence-corrected chi connectivity index (χ2v) is 7.95. The Bertz CT molecular complexity index is 950. The molecule has 0 saturated carbocycles. The molecule has 0 atom stereocenters. The quantitative estimate of drug-likeness (QED) is 0.386. The minimum Gasteiger partial charge on any atom is -0.493 e. The molecule has 1 aromatic heterocycles. The molecular formula is C20H24ClN5O2S. The molecule has 3 aromatic rings. The lowest BCUT2D eigenvalue weighted by atomic mass is 10.1. The number of methoxy groups -OCH3 is 1. The molecule has 0 fully saturated rings. The lowest BCUT2D eigenvalue weighted by molar-refractivity contribution is 0.284. The molecule has 1 N–H and O–H groups in total. The van der Waals surface area contributed by atoms with Crippen molar-refractivity contribution in [3.05, 3.63) is 58.1 Å². The Morgan fingerprint density at radius 1 is 1.21 bits per heavy atom. The van der Waals surface area contributed by atoms with Crippen molar-refractivity contribution in [3.8, 4) is 11.5 Å². The summed E-state index contributed by atoms with van der Waals surface area (Å²) in [6.45, 7) is 3.94. The van der Waals surface area contributed by atoms with Gasteiger partial charge in [0.1, 0.15) is 6.61 Å². The summed E-state index contributed by atoms with van der Waals surface area (Å²) in [6.07, 6.45) is 0. The molecule has 0 aliphatic carbocycles. The summed E-state index contributed by atoms with van der Waals surface area (Å²) in [5, 5.41) is 16.2. The van der Waals surface area contributed by atoms with Crippen LogP contribution in [0.25, 0.3) is 0 Å². The van der Waals surface area contributed by atoms with Crippen LogP contribution in [0.1, 0.15) is 16.7 Å². The molecule has 0 saturated heterocycles. The van der Waals surface area contributed by atoms with Gasteiger partial charge in [-0.3, -0.25) is 0 Å². The average Bonchev–Trinajstić information content (AvgIpc) is 3.12. The van der Waals surface area contributed by atoms with Crippen LogP contribution in [0, 0.1) is 6.92 Å². The molecule has 29 heavy (non-hydrogen) atoms. The molecule has 0 spiro atoms. The van der Waals surface area contributed by atoms with E-state index in [1.807, 2.05) is 31.3 Å². The summed E-state index contributed by atoms with van der Waals surface area (Å²) in [7, 11) is 3.45. The minimum atomic E-state index is 0.458. The first-order valence-corrected chi connectivity index (χ1v) is 10.5. The second kappa shape index (κ2) is 10.5. The Morgan fingerprint density at radius 2 is 2.07 bits per heavy atom. The summed E-state index contributed by atoms with van der Waals surface area (Å²) < 4.78 is 13.1. The largest absolute Gasteiger partial charge is 0.493 e. The molecule has 0 radical (unpaired) electrons. The fraction of sp³-hybridized carbons (Fsp3) is 0.350. The maximum absolute atomic E-state index is 6.47. The molecular weight excluding hydrogens is 410 g/mol. The van der Waals surface area contributed by atoms with Gasteiger partial charge in [0.2, 0.25) is 5.16 Å². The molecule has 0 amide bonds. The van der Waals surface area contributed by atoms with Crippen molar-refractivity contribution in [2.45, 2.75) is 25.2 Å². The number of aryl methyl sites for hydroxylation is 2. The average molecular weight is 434 g/mol. The van der Waals surface area contributed by atoms with Crippen molar-refractivity contribution in [2.24, 2.45) is 7.05 Å². The van der Waals surface area contributed by atoms with Crippen LogP contribution in [0.2, 0.25) is 5.02 Å². The number of rotatable bonds is 10. The van der Waals surface area contributed by atoms with Crippen LogP contribution in [0.3, 0.4) is 0 Å². The van der Waals surface area contributed by atoms with Gasteiger partial charge in [0, 0.05) is 37.0 Å². The first-order chi connectivity index (χ1) is 14.1. The summed E-state index contributed by atoms with van der Waals surface area (Å²) in [6, 6.07) is 11.9. The smallest absolute Gasteiger partial charge is 0.209 e. The van der Waals surface area contributed by atoms with Crippen molar-refractivity contribution >= 4 is 23.4 Å². The number of halogens is 1. The Labute approximate surface area is 179 Å². The molecule has 0 aliphatic heterocycles. The van der Waals surface area contributed by atoms with Crippen LogP contribution in [0.5, 0.6) is 11.5 Å². The summed E-state index contributed by atoms with van der Waals surface area (Å²) in [5.74, 6) is 2.15. The van der Waals surface area contributed by atoms with Gasteiger partial charge in [-0.25, -0.2) is 4.68 Å². The van der Waals surface area contributed by atoms with E-state index >= 15 is 0 Å². The lowest BCUT2D eigenvalue weighted by Crippen LogP contribution is -2.17. The van der Waals surface area contributed by atoms with E-state index in [1.54, 1.807) is 23.6 Å². The number of aromatic nitrogens is 4. The van der Waals surface area contributed by atoms with Crippen LogP contribution < -0.4 is 14.8 Å². The number of thioether (sulfide) groups is 1. The van der Waals surface area contributed by atoms with Gasteiger partial charge < -0.3 is 14.8 Å².